The zero-order chi connectivity index (χ0) is 23.1. The molecule has 0 bridgehead atoms. The summed E-state index contributed by atoms with van der Waals surface area (Å²) in [6.45, 7) is 9.79. The van der Waals surface area contributed by atoms with Crippen molar-refractivity contribution in [1.82, 2.24) is 24.8 Å². The zero-order valence-corrected chi connectivity index (χ0v) is 19.7. The molecule has 0 N–H and O–H groups in total. The molecule has 172 valence electrons. The first-order valence-electron chi connectivity index (χ1n) is 11.6. The van der Waals surface area contributed by atoms with Crippen molar-refractivity contribution in [3.8, 4) is 0 Å². The van der Waals surface area contributed by atoms with Gasteiger partial charge in [-0.2, -0.15) is 0 Å². The standard InChI is InChI=1S/C27H34N6/c1-3-11-24(28-4-2)20-32(21-25-12-5-8-15-29-25)18-19-33(22-26-13-6-9-16-30-26)23-27-14-7-10-17-31-27/h3,5-17H,4,18-23H2,1-2H3/b11-3-,28-24?. The van der Waals surface area contributed by atoms with E-state index in [4.69, 9.17) is 4.99 Å². The molecule has 0 unspecified atom stereocenters. The fourth-order valence-electron chi connectivity index (χ4n) is 3.65. The maximum absolute atomic E-state index is 4.69. The van der Waals surface area contributed by atoms with E-state index < -0.39 is 0 Å². The second-order valence-electron chi connectivity index (χ2n) is 7.85. The van der Waals surface area contributed by atoms with E-state index >= 15 is 0 Å². The van der Waals surface area contributed by atoms with Crippen LogP contribution in [0, 0.1) is 0 Å². The van der Waals surface area contributed by atoms with Crippen LogP contribution in [-0.4, -0.2) is 56.6 Å². The molecule has 0 aliphatic carbocycles. The molecular formula is C27H34N6. The van der Waals surface area contributed by atoms with Crippen LogP contribution in [-0.2, 0) is 19.6 Å². The van der Waals surface area contributed by atoms with Crippen molar-refractivity contribution in [1.29, 1.82) is 0 Å². The van der Waals surface area contributed by atoms with E-state index in [2.05, 4.69) is 62.0 Å². The highest BCUT2D eigenvalue weighted by atomic mass is 15.2. The second kappa shape index (κ2) is 14.0. The van der Waals surface area contributed by atoms with Crippen molar-refractivity contribution >= 4 is 5.71 Å². The highest BCUT2D eigenvalue weighted by Crippen LogP contribution is 2.09. The summed E-state index contributed by atoms with van der Waals surface area (Å²) < 4.78 is 0. The Morgan fingerprint density at radius 2 is 1.24 bits per heavy atom. The Bertz CT molecular complexity index is 932. The predicted molar refractivity (Wildman–Crippen MR) is 135 cm³/mol. The van der Waals surface area contributed by atoms with Crippen LogP contribution < -0.4 is 0 Å². The number of pyridine rings is 3. The molecular weight excluding hydrogens is 408 g/mol. The van der Waals surface area contributed by atoms with Crippen molar-refractivity contribution in [2.45, 2.75) is 33.5 Å². The first-order valence-corrected chi connectivity index (χ1v) is 11.6. The molecule has 6 heteroatoms. The van der Waals surface area contributed by atoms with E-state index in [9.17, 15) is 0 Å². The molecule has 6 nitrogen and oxygen atoms in total. The fraction of sp³-hybridized carbons (Fsp3) is 0.333. The number of aliphatic imine (C=N–C) groups is 1. The molecule has 0 atom stereocenters. The average molecular weight is 443 g/mol. The Morgan fingerprint density at radius 3 is 1.67 bits per heavy atom. The lowest BCUT2D eigenvalue weighted by Gasteiger charge is -2.27. The lowest BCUT2D eigenvalue weighted by Crippen LogP contribution is -2.37. The van der Waals surface area contributed by atoms with Crippen LogP contribution in [0.5, 0.6) is 0 Å². The zero-order valence-electron chi connectivity index (χ0n) is 19.7. The second-order valence-corrected chi connectivity index (χ2v) is 7.85. The van der Waals surface area contributed by atoms with Gasteiger partial charge < -0.3 is 0 Å². The quantitative estimate of drug-likeness (QED) is 0.367. The SMILES string of the molecule is C/C=C\C(CN(CCN(Cc1ccccn1)Cc1ccccn1)Cc1ccccn1)=NCC. The van der Waals surface area contributed by atoms with Gasteiger partial charge in [-0.25, -0.2) is 0 Å². The summed E-state index contributed by atoms with van der Waals surface area (Å²) in [7, 11) is 0. The van der Waals surface area contributed by atoms with Gasteiger partial charge in [0, 0.05) is 70.1 Å². The first-order chi connectivity index (χ1) is 16.3. The van der Waals surface area contributed by atoms with Crippen molar-refractivity contribution in [2.75, 3.05) is 26.2 Å². The van der Waals surface area contributed by atoms with Gasteiger partial charge in [0.1, 0.15) is 0 Å². The van der Waals surface area contributed by atoms with Crippen molar-refractivity contribution in [3.05, 3.63) is 102 Å². The minimum absolute atomic E-state index is 0.777. The summed E-state index contributed by atoms with van der Waals surface area (Å²) in [5, 5.41) is 0. The third kappa shape index (κ3) is 9.04. The van der Waals surface area contributed by atoms with Gasteiger partial charge in [0.05, 0.1) is 17.1 Å². The summed E-state index contributed by atoms with van der Waals surface area (Å²) in [4.78, 5) is 23.1. The molecule has 3 aromatic heterocycles. The maximum atomic E-state index is 4.69. The van der Waals surface area contributed by atoms with Crippen LogP contribution >= 0.6 is 0 Å². The number of aromatic nitrogens is 3. The van der Waals surface area contributed by atoms with Crippen LogP contribution in [0.25, 0.3) is 0 Å². The Kier molecular flexibility index (Phi) is 10.4. The number of hydrogen-bond donors (Lipinski definition) is 0. The Labute approximate surface area is 197 Å². The Hall–Kier alpha value is -3.22. The summed E-state index contributed by atoms with van der Waals surface area (Å²) in [5.41, 5.74) is 4.28. The smallest absolute Gasteiger partial charge is 0.0544 e. The lowest BCUT2D eigenvalue weighted by atomic mass is 10.2. The van der Waals surface area contributed by atoms with Crippen LogP contribution in [0.4, 0.5) is 0 Å². The van der Waals surface area contributed by atoms with E-state index in [1.54, 1.807) is 0 Å². The molecule has 0 spiro atoms. The molecule has 0 radical (unpaired) electrons. The van der Waals surface area contributed by atoms with E-state index in [0.29, 0.717) is 0 Å². The molecule has 3 rings (SSSR count). The minimum Gasteiger partial charge on any atom is -0.290 e. The molecule has 0 aliphatic rings. The Morgan fingerprint density at radius 1 is 0.758 bits per heavy atom. The number of nitrogens with zero attached hydrogens (tertiary/aromatic N) is 6. The third-order valence-corrected chi connectivity index (χ3v) is 5.17. The summed E-state index contributed by atoms with van der Waals surface area (Å²) in [6, 6.07) is 18.2. The Balaban J connectivity index is 1.74. The van der Waals surface area contributed by atoms with Crippen LogP contribution in [0.3, 0.4) is 0 Å². The lowest BCUT2D eigenvalue weighted by molar-refractivity contribution is 0.197. The normalized spacial score (nSPS) is 12.2. The minimum atomic E-state index is 0.777. The van der Waals surface area contributed by atoms with E-state index in [1.807, 2.05) is 61.9 Å². The third-order valence-electron chi connectivity index (χ3n) is 5.17. The van der Waals surface area contributed by atoms with Gasteiger partial charge in [-0.15, -0.1) is 0 Å². The van der Waals surface area contributed by atoms with E-state index in [1.165, 1.54) is 0 Å². The van der Waals surface area contributed by atoms with Crippen LogP contribution in [0.1, 0.15) is 30.9 Å². The van der Waals surface area contributed by atoms with Crippen molar-refractivity contribution in [3.63, 3.8) is 0 Å². The maximum Gasteiger partial charge on any atom is 0.0544 e. The highest BCUT2D eigenvalue weighted by molar-refractivity contribution is 5.96. The average Bonchev–Trinajstić information content (AvgIpc) is 2.85. The van der Waals surface area contributed by atoms with Crippen LogP contribution in [0.2, 0.25) is 0 Å². The first kappa shape index (κ1) is 24.4. The van der Waals surface area contributed by atoms with E-state index in [0.717, 1.165) is 68.6 Å². The monoisotopic (exact) mass is 442 g/mol. The van der Waals surface area contributed by atoms with Gasteiger partial charge >= 0.3 is 0 Å². The number of allylic oxidation sites excluding steroid dienone is 1. The molecule has 0 fully saturated rings. The molecule has 0 saturated carbocycles. The van der Waals surface area contributed by atoms with Gasteiger partial charge in [-0.3, -0.25) is 29.7 Å². The topological polar surface area (TPSA) is 57.5 Å². The largest absolute Gasteiger partial charge is 0.290 e. The molecule has 3 heterocycles. The molecule has 33 heavy (non-hydrogen) atoms. The van der Waals surface area contributed by atoms with Gasteiger partial charge in [0.15, 0.2) is 0 Å². The molecule has 0 aliphatic heterocycles. The van der Waals surface area contributed by atoms with Gasteiger partial charge in [0.25, 0.3) is 0 Å². The molecule has 0 aromatic carbocycles. The number of rotatable bonds is 13. The molecule has 3 aromatic rings. The van der Waals surface area contributed by atoms with Gasteiger partial charge in [-0.05, 0) is 56.3 Å². The van der Waals surface area contributed by atoms with Crippen molar-refractivity contribution in [2.24, 2.45) is 4.99 Å². The van der Waals surface area contributed by atoms with E-state index in [-0.39, 0.29) is 0 Å². The highest BCUT2D eigenvalue weighted by Gasteiger charge is 2.14. The molecule has 0 saturated heterocycles. The van der Waals surface area contributed by atoms with Crippen LogP contribution in [0.15, 0.2) is 90.3 Å². The summed E-state index contributed by atoms with van der Waals surface area (Å²) in [5.74, 6) is 0. The fourth-order valence-corrected chi connectivity index (χ4v) is 3.65. The summed E-state index contributed by atoms with van der Waals surface area (Å²) >= 11 is 0. The predicted octanol–water partition coefficient (Wildman–Crippen LogP) is 4.41. The van der Waals surface area contributed by atoms with Crippen molar-refractivity contribution < 1.29 is 0 Å². The summed E-state index contributed by atoms with van der Waals surface area (Å²) in [6.07, 6.45) is 9.73. The number of hydrogen-bond acceptors (Lipinski definition) is 6. The van der Waals surface area contributed by atoms with Gasteiger partial charge in [-0.1, -0.05) is 24.3 Å². The molecule has 0 amide bonds. The van der Waals surface area contributed by atoms with Gasteiger partial charge in [0.2, 0.25) is 0 Å².